The molecule has 4 aliphatic carbocycles. The summed E-state index contributed by atoms with van der Waals surface area (Å²) in [6, 6.07) is 75.0. The van der Waals surface area contributed by atoms with Gasteiger partial charge in [-0.2, -0.15) is 0 Å². The van der Waals surface area contributed by atoms with E-state index >= 15 is 0 Å². The predicted octanol–water partition coefficient (Wildman–Crippen LogP) is 9.59. The maximum absolute atomic E-state index is 2.82. The van der Waals surface area contributed by atoms with Crippen molar-refractivity contribution in [2.75, 3.05) is 9.80 Å². The standard InChI is InChI=1S/C58H47BN2Si/c1-5-16-42(17-6-1)43-28-29-48-51(33-43)60(45-18-7-2-8-19-45)52-34-44(58-36-39-30-40(37-58)32-41(31-39)38-58)35-53-56(52)59(48)49-24-15-27-55-57(49)61(53)50-25-13-14-26-54(50)62(55,46-20-9-3-10-21-46)47-22-11-4-12-23-47/h1-29,33-35,39-41H,30-32,36-38H2. The molecule has 4 saturated carbocycles. The Balaban J connectivity index is 1.12. The lowest BCUT2D eigenvalue weighted by Crippen LogP contribution is -2.79. The molecule has 4 bridgehead atoms. The van der Waals surface area contributed by atoms with Crippen LogP contribution in [0.3, 0.4) is 0 Å². The zero-order chi connectivity index (χ0) is 40.6. The Morgan fingerprint density at radius 1 is 0.435 bits per heavy atom. The fraction of sp³-hybridized carbons (Fsp3) is 0.172. The molecule has 0 unspecified atom stereocenters. The SMILES string of the molecule is c1ccc(-c2ccc3c(c2)N(c2ccccc2)c2cc(C45CC6CC(CC(C6)C4)C5)cc4c2B3c2cccc3c2N4c2ccccc2[Si]3(c2ccccc2)c2ccccc2)cc1. The number of hydrogen-bond acceptors (Lipinski definition) is 2. The molecule has 0 aromatic heterocycles. The van der Waals surface area contributed by atoms with Gasteiger partial charge in [0.2, 0.25) is 0 Å². The smallest absolute Gasteiger partial charge is 0.252 e. The summed E-state index contributed by atoms with van der Waals surface area (Å²) >= 11 is 0. The average Bonchev–Trinajstić information content (AvgIpc) is 3.32. The molecule has 0 radical (unpaired) electrons. The van der Waals surface area contributed by atoms with Crippen LogP contribution in [0.1, 0.15) is 44.1 Å². The third-order valence-electron chi connectivity index (χ3n) is 16.2. The first-order chi connectivity index (χ1) is 30.7. The highest BCUT2D eigenvalue weighted by molar-refractivity contribution is 7.22. The number of hydrogen-bond donors (Lipinski definition) is 0. The molecule has 0 atom stereocenters. The molecule has 4 fully saturated rings. The van der Waals surface area contributed by atoms with Gasteiger partial charge in [0.25, 0.3) is 6.71 Å². The van der Waals surface area contributed by atoms with E-state index in [0.29, 0.717) is 0 Å². The topological polar surface area (TPSA) is 6.48 Å². The van der Waals surface area contributed by atoms with Gasteiger partial charge in [0.1, 0.15) is 0 Å². The van der Waals surface area contributed by atoms with Gasteiger partial charge < -0.3 is 9.80 Å². The minimum atomic E-state index is -2.82. The van der Waals surface area contributed by atoms with Crippen LogP contribution >= 0.6 is 0 Å². The van der Waals surface area contributed by atoms with Crippen molar-refractivity contribution in [2.45, 2.75) is 43.9 Å². The van der Waals surface area contributed by atoms with E-state index < -0.39 is 8.07 Å². The maximum atomic E-state index is 2.77. The molecular formula is C58H47BN2Si. The van der Waals surface area contributed by atoms with Crippen molar-refractivity contribution in [1.29, 1.82) is 0 Å². The highest BCUT2D eigenvalue weighted by atomic mass is 28.3. The number of fused-ring (bicyclic) bond motifs is 6. The second-order valence-electron chi connectivity index (χ2n) is 19.4. The van der Waals surface area contributed by atoms with Gasteiger partial charge in [-0.05, 0) is 152 Å². The second kappa shape index (κ2) is 13.1. The summed E-state index contributed by atoms with van der Waals surface area (Å²) in [4.78, 5) is 5.42. The quantitative estimate of drug-likeness (QED) is 0.160. The minimum Gasteiger partial charge on any atom is -0.312 e. The van der Waals surface area contributed by atoms with Gasteiger partial charge in [-0.25, -0.2) is 0 Å². The maximum Gasteiger partial charge on any atom is 0.252 e. The van der Waals surface area contributed by atoms with Crippen LogP contribution in [0.25, 0.3) is 11.1 Å². The van der Waals surface area contributed by atoms with Gasteiger partial charge in [-0.1, -0.05) is 158 Å². The summed E-state index contributed by atoms with van der Waals surface area (Å²) in [5, 5.41) is 5.84. The minimum absolute atomic E-state index is 0.0694. The van der Waals surface area contributed by atoms with E-state index in [1.165, 1.54) is 121 Å². The second-order valence-corrected chi connectivity index (χ2v) is 23.2. The lowest BCUT2D eigenvalue weighted by molar-refractivity contribution is -0.00514. The molecule has 3 heterocycles. The first-order valence-corrected chi connectivity index (χ1v) is 25.0. The molecule has 15 rings (SSSR count). The van der Waals surface area contributed by atoms with Crippen LogP contribution in [0, 0.1) is 17.8 Å². The van der Waals surface area contributed by atoms with E-state index in [-0.39, 0.29) is 12.1 Å². The van der Waals surface area contributed by atoms with Gasteiger partial charge in [0.15, 0.2) is 8.07 Å². The van der Waals surface area contributed by atoms with Gasteiger partial charge >= 0.3 is 0 Å². The highest BCUT2D eigenvalue weighted by Gasteiger charge is 2.56. The molecule has 0 saturated heterocycles. The van der Waals surface area contributed by atoms with Crippen LogP contribution in [0.4, 0.5) is 34.1 Å². The summed E-state index contributed by atoms with van der Waals surface area (Å²) in [5.74, 6) is 2.56. The lowest BCUT2D eigenvalue weighted by Gasteiger charge is -2.58. The van der Waals surface area contributed by atoms with Crippen molar-refractivity contribution in [3.63, 3.8) is 0 Å². The summed E-state index contributed by atoms with van der Waals surface area (Å²) in [6.45, 7) is 0.0694. The monoisotopic (exact) mass is 810 g/mol. The molecule has 296 valence electrons. The molecule has 0 N–H and O–H groups in total. The number of nitrogens with zero attached hydrogens (tertiary/aromatic N) is 2. The van der Waals surface area contributed by atoms with Crippen molar-refractivity contribution in [1.82, 2.24) is 0 Å². The van der Waals surface area contributed by atoms with Crippen LogP contribution in [0.2, 0.25) is 0 Å². The number of rotatable bonds is 5. The van der Waals surface area contributed by atoms with Crippen LogP contribution in [-0.4, -0.2) is 14.8 Å². The first-order valence-electron chi connectivity index (χ1n) is 23.0. The van der Waals surface area contributed by atoms with Gasteiger partial charge in [-0.3, -0.25) is 0 Å². The molecule has 8 aromatic rings. The van der Waals surface area contributed by atoms with Crippen LogP contribution in [0.5, 0.6) is 0 Å². The zero-order valence-electron chi connectivity index (χ0n) is 34.9. The Morgan fingerprint density at radius 2 is 1.00 bits per heavy atom. The summed E-state index contributed by atoms with van der Waals surface area (Å²) in [7, 11) is -2.82. The van der Waals surface area contributed by atoms with Gasteiger partial charge in [0, 0.05) is 34.1 Å². The largest absolute Gasteiger partial charge is 0.312 e. The average molecular weight is 811 g/mol. The third-order valence-corrected chi connectivity index (χ3v) is 21.1. The molecule has 4 heteroatoms. The zero-order valence-corrected chi connectivity index (χ0v) is 35.9. The van der Waals surface area contributed by atoms with Crippen molar-refractivity contribution in [2.24, 2.45) is 17.8 Å². The molecule has 0 amide bonds. The molecule has 0 spiro atoms. The van der Waals surface area contributed by atoms with Crippen LogP contribution < -0.4 is 46.9 Å². The van der Waals surface area contributed by atoms with E-state index in [1.807, 2.05) is 0 Å². The molecule has 2 nitrogen and oxygen atoms in total. The fourth-order valence-corrected chi connectivity index (χ4v) is 19.5. The fourth-order valence-electron chi connectivity index (χ4n) is 14.3. The van der Waals surface area contributed by atoms with E-state index in [0.717, 1.165) is 17.8 Å². The van der Waals surface area contributed by atoms with Gasteiger partial charge in [0.05, 0.1) is 0 Å². The van der Waals surface area contributed by atoms with Crippen molar-refractivity contribution in [3.8, 4) is 11.1 Å². The highest BCUT2D eigenvalue weighted by Crippen LogP contribution is 2.62. The summed E-state index contributed by atoms with van der Waals surface area (Å²) < 4.78 is 0. The van der Waals surface area contributed by atoms with Crippen LogP contribution in [-0.2, 0) is 5.41 Å². The molecular weight excluding hydrogens is 764 g/mol. The Kier molecular flexibility index (Phi) is 7.44. The molecule has 7 aliphatic rings. The molecule has 3 aliphatic heterocycles. The van der Waals surface area contributed by atoms with Crippen LogP contribution in [0.15, 0.2) is 194 Å². The Hall–Kier alpha value is -6.36. The Bertz CT molecular complexity index is 3000. The van der Waals surface area contributed by atoms with Crippen molar-refractivity contribution in [3.05, 3.63) is 200 Å². The summed E-state index contributed by atoms with van der Waals surface area (Å²) in [6.07, 6.45) is 8.30. The van der Waals surface area contributed by atoms with Crippen molar-refractivity contribution < 1.29 is 0 Å². The molecule has 8 aromatic carbocycles. The predicted molar refractivity (Wildman–Crippen MR) is 263 cm³/mol. The Labute approximate surface area is 366 Å². The number of benzene rings is 8. The van der Waals surface area contributed by atoms with E-state index in [4.69, 9.17) is 0 Å². The van der Waals surface area contributed by atoms with Gasteiger partial charge in [-0.15, -0.1) is 0 Å². The first kappa shape index (κ1) is 35.3. The third kappa shape index (κ3) is 4.76. The lowest BCUT2D eigenvalue weighted by atomic mass is 9.33. The summed E-state index contributed by atoms with van der Waals surface area (Å²) in [5.41, 5.74) is 16.5. The van der Waals surface area contributed by atoms with E-state index in [9.17, 15) is 0 Å². The van der Waals surface area contributed by atoms with Crippen molar-refractivity contribution >= 4 is 86.0 Å². The molecule has 62 heavy (non-hydrogen) atoms. The number of anilines is 6. The normalized spacial score (nSPS) is 22.7. The van der Waals surface area contributed by atoms with E-state index in [2.05, 4.69) is 204 Å². The Morgan fingerprint density at radius 3 is 1.66 bits per heavy atom. The van der Waals surface area contributed by atoms with E-state index in [1.54, 1.807) is 5.56 Å². The number of para-hydroxylation sites is 3.